The number of hydrogen-bond acceptors (Lipinski definition) is 5. The van der Waals surface area contributed by atoms with Gasteiger partial charge in [0.05, 0.1) is 11.6 Å². The molecular weight excluding hydrogens is 502 g/mol. The first-order valence-electron chi connectivity index (χ1n) is 13.9. The Labute approximate surface area is 227 Å². The van der Waals surface area contributed by atoms with Crippen LogP contribution in [0.5, 0.6) is 5.75 Å². The minimum Gasteiger partial charge on any atom is -0.481 e. The highest BCUT2D eigenvalue weighted by atomic mass is 35.5. The number of ether oxygens (including phenoxy) is 1. The van der Waals surface area contributed by atoms with Gasteiger partial charge < -0.3 is 19.2 Å². The third-order valence-corrected chi connectivity index (χ3v) is 9.17. The van der Waals surface area contributed by atoms with Crippen molar-refractivity contribution < 1.29 is 19.1 Å². The molecule has 3 unspecified atom stereocenters. The Hall–Kier alpha value is -2.83. The molecule has 38 heavy (non-hydrogen) atoms. The van der Waals surface area contributed by atoms with E-state index in [-0.39, 0.29) is 23.5 Å². The number of aliphatic hydroxyl groups is 1. The first-order chi connectivity index (χ1) is 18.3. The lowest BCUT2D eigenvalue weighted by atomic mass is 9.66. The molecule has 0 spiro atoms. The van der Waals surface area contributed by atoms with Crippen LogP contribution in [0.15, 0.2) is 51.7 Å². The Morgan fingerprint density at radius 3 is 2.63 bits per heavy atom. The van der Waals surface area contributed by atoms with Crippen molar-refractivity contribution in [3.63, 3.8) is 0 Å². The fourth-order valence-corrected chi connectivity index (χ4v) is 7.11. The van der Waals surface area contributed by atoms with Gasteiger partial charge in [-0.25, -0.2) is 4.79 Å². The smallest absolute Gasteiger partial charge is 0.339 e. The van der Waals surface area contributed by atoms with Crippen molar-refractivity contribution in [2.75, 3.05) is 6.54 Å². The van der Waals surface area contributed by atoms with E-state index in [0.717, 1.165) is 73.4 Å². The minimum atomic E-state index is -0.765. The zero-order valence-corrected chi connectivity index (χ0v) is 22.5. The van der Waals surface area contributed by atoms with Crippen LogP contribution in [0.2, 0.25) is 5.02 Å². The Balaban J connectivity index is 1.27. The largest absolute Gasteiger partial charge is 0.481 e. The molecule has 1 amide bonds. The van der Waals surface area contributed by atoms with Crippen LogP contribution in [-0.4, -0.2) is 34.2 Å². The summed E-state index contributed by atoms with van der Waals surface area (Å²) in [4.78, 5) is 28.3. The molecule has 7 heteroatoms. The van der Waals surface area contributed by atoms with E-state index in [1.807, 2.05) is 41.3 Å². The van der Waals surface area contributed by atoms with E-state index in [2.05, 4.69) is 0 Å². The summed E-state index contributed by atoms with van der Waals surface area (Å²) in [7, 11) is 0. The molecule has 1 N–H and O–H groups in total. The first kappa shape index (κ1) is 25.4. The Morgan fingerprint density at radius 1 is 1.08 bits per heavy atom. The zero-order valence-electron chi connectivity index (χ0n) is 21.7. The number of piperidine rings is 1. The van der Waals surface area contributed by atoms with Crippen molar-refractivity contribution >= 4 is 28.5 Å². The van der Waals surface area contributed by atoms with E-state index in [4.69, 9.17) is 20.8 Å². The van der Waals surface area contributed by atoms with Gasteiger partial charge in [-0.1, -0.05) is 36.6 Å². The lowest BCUT2D eigenvalue weighted by Gasteiger charge is -2.53. The van der Waals surface area contributed by atoms with Crippen LogP contribution < -0.4 is 10.4 Å². The third kappa shape index (κ3) is 4.52. The van der Waals surface area contributed by atoms with E-state index < -0.39 is 11.7 Å². The van der Waals surface area contributed by atoms with Crippen LogP contribution in [0.4, 0.5) is 0 Å². The average molecular weight is 536 g/mol. The fraction of sp³-hybridized carbons (Fsp3) is 0.484. The van der Waals surface area contributed by atoms with Crippen molar-refractivity contribution in [3.8, 4) is 5.75 Å². The van der Waals surface area contributed by atoms with Crippen LogP contribution in [0.25, 0.3) is 11.0 Å². The van der Waals surface area contributed by atoms with Crippen LogP contribution >= 0.6 is 11.6 Å². The van der Waals surface area contributed by atoms with Gasteiger partial charge >= 0.3 is 5.63 Å². The molecule has 0 bridgehead atoms. The van der Waals surface area contributed by atoms with E-state index in [9.17, 15) is 14.7 Å². The summed E-state index contributed by atoms with van der Waals surface area (Å²) < 4.78 is 11.8. The number of likely N-dealkylation sites (tertiary alicyclic amines) is 1. The average Bonchev–Trinajstić information content (AvgIpc) is 2.92. The number of rotatable bonds is 4. The minimum absolute atomic E-state index is 0.0385. The van der Waals surface area contributed by atoms with Crippen LogP contribution in [0.3, 0.4) is 0 Å². The van der Waals surface area contributed by atoms with E-state index >= 15 is 0 Å². The zero-order chi connectivity index (χ0) is 26.4. The highest BCUT2D eigenvalue weighted by Crippen LogP contribution is 2.49. The van der Waals surface area contributed by atoms with Gasteiger partial charge in [-0.15, -0.1) is 0 Å². The normalized spacial score (nSPS) is 25.9. The molecule has 6 nitrogen and oxygen atoms in total. The standard InChI is InChI=1S/C31H34ClNO5/c1-19(37-22-13-14-24-23-6-2-3-7-25(23)30(35)38-27(24)18-22)29(34)33-17-16-31(36)15-5-4-8-26(31)28(33)20-9-11-21(32)12-10-20/h9-14,18-19,26,28,36H,2-8,15-17H2,1H3/t19?,26?,28-,31?/m0/s1. The maximum absolute atomic E-state index is 13.9. The summed E-state index contributed by atoms with van der Waals surface area (Å²) >= 11 is 6.17. The number of aryl methyl sites for hydroxylation is 1. The summed E-state index contributed by atoms with van der Waals surface area (Å²) in [5, 5.41) is 13.1. The summed E-state index contributed by atoms with van der Waals surface area (Å²) in [6.07, 6.45) is 7.21. The number of carbonyl (C=O) groups is 1. The van der Waals surface area contributed by atoms with Crippen molar-refractivity contribution in [2.45, 2.75) is 82.5 Å². The van der Waals surface area contributed by atoms with Crippen LogP contribution in [0.1, 0.15) is 74.6 Å². The third-order valence-electron chi connectivity index (χ3n) is 8.92. The van der Waals surface area contributed by atoms with Gasteiger partial charge in [-0.05, 0) is 87.3 Å². The summed E-state index contributed by atoms with van der Waals surface area (Å²) in [5.74, 6) is 0.333. The number of halogens is 1. The second kappa shape index (κ2) is 10.0. The molecule has 3 aromatic rings. The maximum Gasteiger partial charge on any atom is 0.339 e. The Bertz CT molecular complexity index is 1420. The quantitative estimate of drug-likeness (QED) is 0.415. The topological polar surface area (TPSA) is 80.0 Å². The second-order valence-electron chi connectivity index (χ2n) is 11.2. The molecule has 2 aliphatic carbocycles. The molecular formula is C31H34ClNO5. The van der Waals surface area contributed by atoms with Crippen molar-refractivity contribution in [1.82, 2.24) is 4.90 Å². The number of carbonyl (C=O) groups excluding carboxylic acids is 1. The van der Waals surface area contributed by atoms with Gasteiger partial charge in [0.15, 0.2) is 6.10 Å². The number of amides is 1. The molecule has 2 heterocycles. The molecule has 1 aliphatic heterocycles. The molecule has 1 saturated heterocycles. The Morgan fingerprint density at radius 2 is 1.84 bits per heavy atom. The number of hydrogen-bond donors (Lipinski definition) is 1. The maximum atomic E-state index is 13.9. The van der Waals surface area contributed by atoms with Crippen LogP contribution in [-0.2, 0) is 17.6 Å². The van der Waals surface area contributed by atoms with E-state index in [1.165, 1.54) is 0 Å². The van der Waals surface area contributed by atoms with E-state index in [1.54, 1.807) is 13.0 Å². The molecule has 4 atom stereocenters. The molecule has 1 saturated carbocycles. The van der Waals surface area contributed by atoms with Gasteiger partial charge in [-0.2, -0.15) is 0 Å². The van der Waals surface area contributed by atoms with Crippen molar-refractivity contribution in [3.05, 3.63) is 74.6 Å². The molecule has 0 radical (unpaired) electrons. The van der Waals surface area contributed by atoms with Crippen molar-refractivity contribution in [2.24, 2.45) is 5.92 Å². The fourth-order valence-electron chi connectivity index (χ4n) is 6.99. The lowest BCUT2D eigenvalue weighted by molar-refractivity contribution is -0.161. The molecule has 3 aliphatic rings. The second-order valence-corrected chi connectivity index (χ2v) is 11.6. The number of benzene rings is 2. The summed E-state index contributed by atoms with van der Waals surface area (Å²) in [6, 6.07) is 12.9. The molecule has 6 rings (SSSR count). The summed E-state index contributed by atoms with van der Waals surface area (Å²) in [5.41, 5.74) is 2.32. The molecule has 1 aromatic heterocycles. The number of nitrogens with zero attached hydrogens (tertiary/aromatic N) is 1. The SMILES string of the molecule is CC(Oc1ccc2c3c(c(=O)oc2c1)CCCC3)C(=O)N1CCC2(O)CCCCC2[C@@H]1c1ccc(Cl)cc1. The predicted octanol–water partition coefficient (Wildman–Crippen LogP) is 5.99. The molecule has 2 aromatic carbocycles. The van der Waals surface area contributed by atoms with Gasteiger partial charge in [-0.3, -0.25) is 4.79 Å². The summed E-state index contributed by atoms with van der Waals surface area (Å²) in [6.45, 7) is 2.22. The highest BCUT2D eigenvalue weighted by Gasteiger charge is 2.50. The van der Waals surface area contributed by atoms with Gasteiger partial charge in [0.1, 0.15) is 11.3 Å². The van der Waals surface area contributed by atoms with Crippen LogP contribution in [0, 0.1) is 5.92 Å². The molecule has 2 fully saturated rings. The number of fused-ring (bicyclic) bond motifs is 4. The predicted molar refractivity (Wildman–Crippen MR) is 147 cm³/mol. The monoisotopic (exact) mass is 535 g/mol. The van der Waals surface area contributed by atoms with Gasteiger partial charge in [0.25, 0.3) is 5.91 Å². The first-order valence-corrected chi connectivity index (χ1v) is 14.3. The molecule has 200 valence electrons. The van der Waals surface area contributed by atoms with Crippen molar-refractivity contribution in [1.29, 1.82) is 0 Å². The van der Waals surface area contributed by atoms with Gasteiger partial charge in [0.2, 0.25) is 0 Å². The lowest BCUT2D eigenvalue weighted by Crippen LogP contribution is -2.58. The Kier molecular flexibility index (Phi) is 6.73. The van der Waals surface area contributed by atoms with Gasteiger partial charge in [0, 0.05) is 34.5 Å². The van der Waals surface area contributed by atoms with E-state index in [0.29, 0.717) is 29.3 Å². The highest BCUT2D eigenvalue weighted by molar-refractivity contribution is 6.30.